The summed E-state index contributed by atoms with van der Waals surface area (Å²) in [5.74, 6) is 0.894. The molecule has 1 aromatic heterocycles. The molecule has 144 valence electrons. The molecule has 0 aliphatic heterocycles. The van der Waals surface area contributed by atoms with Crippen molar-refractivity contribution in [2.24, 2.45) is 0 Å². The summed E-state index contributed by atoms with van der Waals surface area (Å²) in [6, 6.07) is 17.7. The molecular formula is C23H24N2O2S. The summed E-state index contributed by atoms with van der Waals surface area (Å²) in [6.07, 6.45) is 2.12. The van der Waals surface area contributed by atoms with E-state index in [1.54, 1.807) is 22.3 Å². The molecule has 28 heavy (non-hydrogen) atoms. The van der Waals surface area contributed by atoms with Crippen LogP contribution in [0.15, 0.2) is 72.6 Å². The maximum atomic E-state index is 12.7. The third-order valence-corrected chi connectivity index (χ3v) is 5.11. The maximum absolute atomic E-state index is 12.7. The summed E-state index contributed by atoms with van der Waals surface area (Å²) >= 11 is 1.55. The zero-order valence-electron chi connectivity index (χ0n) is 16.0. The van der Waals surface area contributed by atoms with E-state index in [4.69, 9.17) is 4.74 Å². The van der Waals surface area contributed by atoms with Crippen molar-refractivity contribution in [1.82, 2.24) is 9.88 Å². The molecule has 0 saturated carbocycles. The molecule has 3 aromatic rings. The smallest absolute Gasteiger partial charge is 0.227 e. The van der Waals surface area contributed by atoms with Gasteiger partial charge in [-0.15, -0.1) is 17.9 Å². The Morgan fingerprint density at radius 3 is 2.64 bits per heavy atom. The highest BCUT2D eigenvalue weighted by Gasteiger charge is 2.15. The average molecular weight is 393 g/mol. The lowest BCUT2D eigenvalue weighted by atomic mass is 10.1. The van der Waals surface area contributed by atoms with Crippen molar-refractivity contribution in [3.8, 4) is 5.75 Å². The average Bonchev–Trinajstić information content (AvgIpc) is 3.15. The normalized spacial score (nSPS) is 10.5. The number of thiazole rings is 1. The summed E-state index contributed by atoms with van der Waals surface area (Å²) in [4.78, 5) is 19.1. The monoisotopic (exact) mass is 392 g/mol. The number of nitrogens with zero attached hydrogens (tertiary/aromatic N) is 2. The van der Waals surface area contributed by atoms with Gasteiger partial charge >= 0.3 is 0 Å². The first-order chi connectivity index (χ1) is 13.6. The molecule has 0 N–H and O–H groups in total. The summed E-state index contributed by atoms with van der Waals surface area (Å²) in [6.45, 7) is 7.21. The minimum atomic E-state index is 0.0663. The van der Waals surface area contributed by atoms with Crippen LogP contribution >= 0.6 is 11.3 Å². The fourth-order valence-corrected chi connectivity index (χ4v) is 3.45. The lowest BCUT2D eigenvalue weighted by Crippen LogP contribution is -2.32. The zero-order valence-corrected chi connectivity index (χ0v) is 16.8. The van der Waals surface area contributed by atoms with Crippen LogP contribution in [0.25, 0.3) is 0 Å². The van der Waals surface area contributed by atoms with Crippen LogP contribution in [0.1, 0.15) is 21.8 Å². The van der Waals surface area contributed by atoms with Gasteiger partial charge in [0.2, 0.25) is 5.91 Å². The largest absolute Gasteiger partial charge is 0.486 e. The number of aromatic nitrogens is 1. The summed E-state index contributed by atoms with van der Waals surface area (Å²) in [5.41, 5.74) is 3.08. The quantitative estimate of drug-likeness (QED) is 0.492. The molecule has 0 aliphatic rings. The van der Waals surface area contributed by atoms with Gasteiger partial charge in [0.05, 0.1) is 18.7 Å². The van der Waals surface area contributed by atoms with Crippen molar-refractivity contribution in [2.45, 2.75) is 26.5 Å². The fourth-order valence-electron chi connectivity index (χ4n) is 2.76. The maximum Gasteiger partial charge on any atom is 0.227 e. The van der Waals surface area contributed by atoms with Crippen molar-refractivity contribution in [3.63, 3.8) is 0 Å². The molecule has 1 amide bonds. The van der Waals surface area contributed by atoms with Gasteiger partial charge in [-0.25, -0.2) is 4.98 Å². The Labute approximate surface area is 170 Å². The zero-order chi connectivity index (χ0) is 19.8. The number of benzene rings is 2. The van der Waals surface area contributed by atoms with Gasteiger partial charge in [0.25, 0.3) is 0 Å². The van der Waals surface area contributed by atoms with Gasteiger partial charge in [-0.1, -0.05) is 54.1 Å². The number of carbonyl (C=O) groups is 1. The van der Waals surface area contributed by atoms with E-state index >= 15 is 0 Å². The number of rotatable bonds is 9. The van der Waals surface area contributed by atoms with Crippen molar-refractivity contribution in [2.75, 3.05) is 6.54 Å². The van der Waals surface area contributed by atoms with Crippen molar-refractivity contribution in [3.05, 3.63) is 94.5 Å². The van der Waals surface area contributed by atoms with E-state index in [1.165, 1.54) is 5.56 Å². The molecule has 0 radical (unpaired) electrons. The van der Waals surface area contributed by atoms with E-state index in [9.17, 15) is 4.79 Å². The molecule has 4 nitrogen and oxygen atoms in total. The molecule has 2 aromatic carbocycles. The van der Waals surface area contributed by atoms with E-state index in [0.29, 0.717) is 26.1 Å². The Morgan fingerprint density at radius 1 is 1.18 bits per heavy atom. The number of aryl methyl sites for hydroxylation is 1. The molecule has 0 bridgehead atoms. The van der Waals surface area contributed by atoms with Crippen LogP contribution in [0.2, 0.25) is 0 Å². The van der Waals surface area contributed by atoms with E-state index < -0.39 is 0 Å². The Morgan fingerprint density at radius 2 is 1.93 bits per heavy atom. The molecule has 0 aliphatic carbocycles. The Balaban J connectivity index is 1.58. The molecule has 3 rings (SSSR count). The third kappa shape index (κ3) is 5.79. The Kier molecular flexibility index (Phi) is 6.98. The minimum Gasteiger partial charge on any atom is -0.486 e. The van der Waals surface area contributed by atoms with Gasteiger partial charge in [-0.2, -0.15) is 0 Å². The van der Waals surface area contributed by atoms with Crippen LogP contribution in [-0.4, -0.2) is 22.3 Å². The first-order valence-corrected chi connectivity index (χ1v) is 10.1. The van der Waals surface area contributed by atoms with Gasteiger partial charge in [0.15, 0.2) is 0 Å². The highest BCUT2D eigenvalue weighted by atomic mass is 32.1. The third-order valence-electron chi connectivity index (χ3n) is 4.24. The van der Waals surface area contributed by atoms with Crippen LogP contribution < -0.4 is 4.74 Å². The predicted octanol–water partition coefficient (Wildman–Crippen LogP) is 4.79. The topological polar surface area (TPSA) is 42.4 Å². The second kappa shape index (κ2) is 9.85. The SMILES string of the molecule is C=CCN(Cc1csc(COc2ccc(C)cc2)n1)C(=O)Cc1ccccc1. The van der Waals surface area contributed by atoms with Crippen LogP contribution in [0.5, 0.6) is 5.75 Å². The molecule has 0 spiro atoms. The fraction of sp³-hybridized carbons (Fsp3) is 0.217. The Hall–Kier alpha value is -2.92. The highest BCUT2D eigenvalue weighted by molar-refractivity contribution is 7.09. The van der Waals surface area contributed by atoms with E-state index in [2.05, 4.69) is 11.6 Å². The molecule has 5 heteroatoms. The first-order valence-electron chi connectivity index (χ1n) is 9.19. The standard InChI is InChI=1S/C23H24N2O2S/c1-3-13-25(23(26)14-19-7-5-4-6-8-19)15-20-17-28-22(24-20)16-27-21-11-9-18(2)10-12-21/h3-12,17H,1,13-16H2,2H3. The minimum absolute atomic E-state index is 0.0663. The molecule has 0 saturated heterocycles. The summed E-state index contributed by atoms with van der Waals surface area (Å²) in [5, 5.41) is 2.88. The van der Waals surface area contributed by atoms with E-state index in [0.717, 1.165) is 22.0 Å². The van der Waals surface area contributed by atoms with Crippen molar-refractivity contribution in [1.29, 1.82) is 0 Å². The molecule has 0 fully saturated rings. The van der Waals surface area contributed by atoms with Crippen LogP contribution in [0.3, 0.4) is 0 Å². The van der Waals surface area contributed by atoms with Gasteiger partial charge in [-0.3, -0.25) is 4.79 Å². The number of ether oxygens (including phenoxy) is 1. The predicted molar refractivity (Wildman–Crippen MR) is 113 cm³/mol. The molecule has 1 heterocycles. The molecule has 0 unspecified atom stereocenters. The Bertz CT molecular complexity index is 904. The summed E-state index contributed by atoms with van der Waals surface area (Å²) < 4.78 is 5.79. The second-order valence-corrected chi connectivity index (χ2v) is 7.50. The number of hydrogen-bond donors (Lipinski definition) is 0. The number of hydrogen-bond acceptors (Lipinski definition) is 4. The van der Waals surface area contributed by atoms with E-state index in [-0.39, 0.29) is 5.91 Å². The van der Waals surface area contributed by atoms with Gasteiger partial charge in [0, 0.05) is 11.9 Å². The van der Waals surface area contributed by atoms with Crippen LogP contribution in [0, 0.1) is 6.92 Å². The summed E-state index contributed by atoms with van der Waals surface area (Å²) in [7, 11) is 0. The van der Waals surface area contributed by atoms with Crippen LogP contribution in [0.4, 0.5) is 0 Å². The second-order valence-electron chi connectivity index (χ2n) is 6.56. The van der Waals surface area contributed by atoms with Gasteiger partial charge < -0.3 is 9.64 Å². The van der Waals surface area contributed by atoms with Crippen LogP contribution in [-0.2, 0) is 24.4 Å². The van der Waals surface area contributed by atoms with E-state index in [1.807, 2.05) is 66.9 Å². The van der Waals surface area contributed by atoms with Gasteiger partial charge in [-0.05, 0) is 24.6 Å². The van der Waals surface area contributed by atoms with Gasteiger partial charge in [0.1, 0.15) is 17.4 Å². The lowest BCUT2D eigenvalue weighted by Gasteiger charge is -2.20. The van der Waals surface area contributed by atoms with Crippen molar-refractivity contribution < 1.29 is 9.53 Å². The highest BCUT2D eigenvalue weighted by Crippen LogP contribution is 2.17. The lowest BCUT2D eigenvalue weighted by molar-refractivity contribution is -0.130. The first kappa shape index (κ1) is 19.8. The van der Waals surface area contributed by atoms with Crippen molar-refractivity contribution >= 4 is 17.2 Å². The number of amides is 1. The molecule has 0 atom stereocenters. The number of carbonyl (C=O) groups excluding carboxylic acids is 1. The molecular weight excluding hydrogens is 368 g/mol.